The minimum absolute atomic E-state index is 0. The van der Waals surface area contributed by atoms with Crippen molar-refractivity contribution < 1.29 is 18.5 Å². The molecule has 0 spiro atoms. The second-order valence-electron chi connectivity index (χ2n) is 8.72. The first-order chi connectivity index (χ1) is 17.3. The van der Waals surface area contributed by atoms with Crippen molar-refractivity contribution in [3.63, 3.8) is 0 Å². The maximum atomic E-state index is 14.3. The molecule has 200 valence electrons. The van der Waals surface area contributed by atoms with Crippen molar-refractivity contribution in [1.82, 2.24) is 9.88 Å². The minimum Gasteiger partial charge on any atom is -0.366 e. The van der Waals surface area contributed by atoms with Gasteiger partial charge in [-0.2, -0.15) is 0 Å². The lowest BCUT2D eigenvalue weighted by Crippen LogP contribution is -2.39. The Kier molecular flexibility index (Phi) is 9.74. The first kappa shape index (κ1) is 28.7. The number of hydrogen-bond donors (Lipinski definition) is 0. The number of rotatable bonds is 9. The lowest BCUT2D eigenvalue weighted by molar-refractivity contribution is -0.384. The van der Waals surface area contributed by atoms with E-state index >= 15 is 0 Å². The standard InChI is InChI=1S/C25H29F2N5O3S.ClH/c1-3-29(4-2)12-13-31(25-28-23-19(27)15-18(26)16-22(23)36-25)24(33)17-8-9-20(21(14-17)32(34)35)30-10-6-5-7-11-30;/h8-9,14-16H,3-7,10-13H2,1-2H3;1H. The molecular weight excluding hydrogens is 524 g/mol. The van der Waals surface area contributed by atoms with Gasteiger partial charge in [0.25, 0.3) is 11.6 Å². The van der Waals surface area contributed by atoms with Crippen LogP contribution in [0.15, 0.2) is 30.3 Å². The first-order valence-corrected chi connectivity index (χ1v) is 13.0. The molecule has 0 bridgehead atoms. The predicted molar refractivity (Wildman–Crippen MR) is 145 cm³/mol. The molecule has 0 unspecified atom stereocenters. The van der Waals surface area contributed by atoms with Crippen molar-refractivity contribution >= 4 is 56.4 Å². The lowest BCUT2D eigenvalue weighted by atomic mass is 10.1. The molecule has 0 aliphatic carbocycles. The Morgan fingerprint density at radius 2 is 1.81 bits per heavy atom. The van der Waals surface area contributed by atoms with E-state index in [-0.39, 0.29) is 45.6 Å². The molecule has 2 heterocycles. The van der Waals surface area contributed by atoms with E-state index in [2.05, 4.69) is 9.88 Å². The molecule has 1 aliphatic rings. The van der Waals surface area contributed by atoms with Crippen LogP contribution in [-0.2, 0) is 0 Å². The second kappa shape index (κ2) is 12.6. The van der Waals surface area contributed by atoms with E-state index in [9.17, 15) is 23.7 Å². The number of benzene rings is 2. The number of thiazole rings is 1. The number of hydrogen-bond acceptors (Lipinski definition) is 7. The molecule has 3 aromatic rings. The van der Waals surface area contributed by atoms with Crippen molar-refractivity contribution in [3.05, 3.63) is 57.6 Å². The van der Waals surface area contributed by atoms with E-state index < -0.39 is 22.5 Å². The van der Waals surface area contributed by atoms with E-state index in [1.807, 2.05) is 18.7 Å². The Morgan fingerprint density at radius 3 is 2.46 bits per heavy atom. The van der Waals surface area contributed by atoms with Crippen LogP contribution in [0.3, 0.4) is 0 Å². The van der Waals surface area contributed by atoms with Gasteiger partial charge in [-0.1, -0.05) is 25.2 Å². The van der Waals surface area contributed by atoms with E-state index in [4.69, 9.17) is 0 Å². The second-order valence-corrected chi connectivity index (χ2v) is 9.73. The predicted octanol–water partition coefficient (Wildman–Crippen LogP) is 5.88. The fourth-order valence-corrected chi connectivity index (χ4v) is 5.52. The number of aromatic nitrogens is 1. The summed E-state index contributed by atoms with van der Waals surface area (Å²) >= 11 is 1.01. The van der Waals surface area contributed by atoms with Gasteiger partial charge in [-0.05, 0) is 50.6 Å². The molecule has 8 nitrogen and oxygen atoms in total. The molecular formula is C25H30ClF2N5O3S. The van der Waals surface area contributed by atoms with Crippen molar-refractivity contribution in [2.24, 2.45) is 0 Å². The number of fused-ring (bicyclic) bond motifs is 1. The van der Waals surface area contributed by atoms with Crippen LogP contribution in [0.5, 0.6) is 0 Å². The van der Waals surface area contributed by atoms with Crippen LogP contribution in [0.4, 0.5) is 25.3 Å². The Balaban J connectivity index is 0.00000380. The number of piperidine rings is 1. The molecule has 0 saturated carbocycles. The van der Waals surface area contributed by atoms with E-state index in [1.165, 1.54) is 17.0 Å². The van der Waals surface area contributed by atoms with Gasteiger partial charge in [-0.3, -0.25) is 19.8 Å². The highest BCUT2D eigenvalue weighted by Gasteiger charge is 2.27. The number of anilines is 2. The third-order valence-corrected chi connectivity index (χ3v) is 7.55. The quantitative estimate of drug-likeness (QED) is 0.243. The lowest BCUT2D eigenvalue weighted by Gasteiger charge is -2.28. The Morgan fingerprint density at radius 1 is 1.11 bits per heavy atom. The molecule has 1 fully saturated rings. The molecule has 12 heteroatoms. The van der Waals surface area contributed by atoms with Crippen molar-refractivity contribution in [2.45, 2.75) is 33.1 Å². The average molecular weight is 554 g/mol. The fourth-order valence-electron chi connectivity index (χ4n) is 4.49. The van der Waals surface area contributed by atoms with Crippen LogP contribution < -0.4 is 9.80 Å². The van der Waals surface area contributed by atoms with Gasteiger partial charge in [0, 0.05) is 43.9 Å². The molecule has 0 atom stereocenters. The van der Waals surface area contributed by atoms with Gasteiger partial charge in [0.15, 0.2) is 10.9 Å². The van der Waals surface area contributed by atoms with Gasteiger partial charge in [-0.15, -0.1) is 12.4 Å². The summed E-state index contributed by atoms with van der Waals surface area (Å²) in [7, 11) is 0. The highest BCUT2D eigenvalue weighted by Crippen LogP contribution is 2.34. The Hall–Kier alpha value is -2.89. The zero-order chi connectivity index (χ0) is 25.8. The number of amides is 1. The summed E-state index contributed by atoms with van der Waals surface area (Å²) < 4.78 is 28.4. The number of nitrogens with zero attached hydrogens (tertiary/aromatic N) is 5. The summed E-state index contributed by atoms with van der Waals surface area (Å²) in [6, 6.07) is 6.48. The fraction of sp³-hybridized carbons (Fsp3) is 0.440. The number of nitro benzene ring substituents is 1. The minimum atomic E-state index is -0.801. The number of carbonyl (C=O) groups excluding carboxylic acids is 1. The van der Waals surface area contributed by atoms with Crippen LogP contribution in [-0.4, -0.2) is 60.0 Å². The maximum Gasteiger partial charge on any atom is 0.293 e. The summed E-state index contributed by atoms with van der Waals surface area (Å²) in [4.78, 5) is 35.0. The number of likely N-dealkylation sites (N-methyl/N-ethyl adjacent to an activating group) is 1. The van der Waals surface area contributed by atoms with Crippen molar-refractivity contribution in [2.75, 3.05) is 49.1 Å². The third-order valence-electron chi connectivity index (χ3n) is 6.53. The zero-order valence-corrected chi connectivity index (χ0v) is 22.4. The topological polar surface area (TPSA) is 82.8 Å². The van der Waals surface area contributed by atoms with Gasteiger partial charge in [0.05, 0.1) is 9.62 Å². The normalized spacial score (nSPS) is 13.6. The van der Waals surface area contributed by atoms with Crippen LogP contribution in [0.1, 0.15) is 43.5 Å². The van der Waals surface area contributed by atoms with Gasteiger partial charge < -0.3 is 9.80 Å². The summed E-state index contributed by atoms with van der Waals surface area (Å²) in [5.74, 6) is -2.00. The van der Waals surface area contributed by atoms with Crippen molar-refractivity contribution in [1.29, 1.82) is 0 Å². The van der Waals surface area contributed by atoms with Crippen LogP contribution >= 0.6 is 23.7 Å². The number of nitro groups is 1. The molecule has 0 N–H and O–H groups in total. The first-order valence-electron chi connectivity index (χ1n) is 12.2. The van der Waals surface area contributed by atoms with Crippen LogP contribution in [0, 0.1) is 21.7 Å². The highest BCUT2D eigenvalue weighted by molar-refractivity contribution is 7.22. The zero-order valence-electron chi connectivity index (χ0n) is 20.8. The molecule has 4 rings (SSSR count). The van der Waals surface area contributed by atoms with Gasteiger partial charge in [-0.25, -0.2) is 13.8 Å². The number of halogens is 3. The molecule has 1 saturated heterocycles. The third kappa shape index (κ3) is 6.34. The van der Waals surface area contributed by atoms with Gasteiger partial charge in [0.1, 0.15) is 17.0 Å². The Bertz CT molecular complexity index is 1260. The highest BCUT2D eigenvalue weighted by atomic mass is 35.5. The molecule has 1 aromatic heterocycles. The summed E-state index contributed by atoms with van der Waals surface area (Å²) in [6.45, 7) is 7.80. The maximum absolute atomic E-state index is 14.3. The molecule has 1 amide bonds. The van der Waals surface area contributed by atoms with E-state index in [0.717, 1.165) is 62.8 Å². The molecule has 1 aliphatic heterocycles. The average Bonchev–Trinajstić information content (AvgIpc) is 3.30. The summed E-state index contributed by atoms with van der Waals surface area (Å²) in [6.07, 6.45) is 3.02. The summed E-state index contributed by atoms with van der Waals surface area (Å²) in [5.41, 5.74) is 0.517. The van der Waals surface area contributed by atoms with Crippen LogP contribution in [0.2, 0.25) is 0 Å². The SMILES string of the molecule is CCN(CC)CCN(C(=O)c1ccc(N2CCCCC2)c([N+](=O)[O-])c1)c1nc2c(F)cc(F)cc2s1.Cl. The number of carbonyl (C=O) groups is 1. The molecule has 0 radical (unpaired) electrons. The van der Waals surface area contributed by atoms with E-state index in [0.29, 0.717) is 12.2 Å². The van der Waals surface area contributed by atoms with Crippen molar-refractivity contribution in [3.8, 4) is 0 Å². The summed E-state index contributed by atoms with van der Waals surface area (Å²) in [5, 5.41) is 12.1. The monoisotopic (exact) mass is 553 g/mol. The van der Waals surface area contributed by atoms with Gasteiger partial charge >= 0.3 is 0 Å². The molecule has 2 aromatic carbocycles. The van der Waals surface area contributed by atoms with E-state index in [1.54, 1.807) is 12.1 Å². The largest absolute Gasteiger partial charge is 0.366 e. The smallest absolute Gasteiger partial charge is 0.293 e. The van der Waals surface area contributed by atoms with Crippen LogP contribution in [0.25, 0.3) is 10.2 Å². The molecule has 37 heavy (non-hydrogen) atoms. The van der Waals surface area contributed by atoms with Gasteiger partial charge in [0.2, 0.25) is 0 Å². The Labute approximate surface area is 224 Å².